The number of aromatic nitrogens is 1. The summed E-state index contributed by atoms with van der Waals surface area (Å²) in [5.74, 6) is 0. The first-order chi connectivity index (χ1) is 11.0. The summed E-state index contributed by atoms with van der Waals surface area (Å²) in [6.45, 7) is 9.12. The molecule has 0 radical (unpaired) electrons. The van der Waals surface area contributed by atoms with Gasteiger partial charge in [-0.05, 0) is 59.4 Å². The van der Waals surface area contributed by atoms with Gasteiger partial charge in [-0.15, -0.1) is 0 Å². The fraction of sp³-hybridized carbons (Fsp3) is 0.227. The monoisotopic (exact) mass is 299 g/mol. The van der Waals surface area contributed by atoms with Crippen LogP contribution in [0.4, 0.5) is 0 Å². The first-order valence-corrected chi connectivity index (χ1v) is 8.18. The smallest absolute Gasteiger partial charge is 0.0704 e. The van der Waals surface area contributed by atoms with E-state index in [1.165, 1.54) is 38.9 Å². The van der Waals surface area contributed by atoms with Gasteiger partial charge in [0.2, 0.25) is 0 Å². The van der Waals surface area contributed by atoms with Gasteiger partial charge in [-0.25, -0.2) is 0 Å². The third-order valence-corrected chi connectivity index (χ3v) is 5.28. The molecule has 0 fully saturated rings. The molecule has 23 heavy (non-hydrogen) atoms. The molecular formula is C22H21N. The number of benzene rings is 2. The van der Waals surface area contributed by atoms with Crippen molar-refractivity contribution in [2.45, 2.75) is 33.1 Å². The zero-order chi connectivity index (χ0) is 16.2. The molecule has 2 aromatic carbocycles. The molecule has 0 saturated heterocycles. The molecule has 0 aliphatic heterocycles. The van der Waals surface area contributed by atoms with Crippen LogP contribution in [0.1, 0.15) is 36.1 Å². The fourth-order valence-electron chi connectivity index (χ4n) is 4.02. The van der Waals surface area contributed by atoms with Gasteiger partial charge in [0, 0.05) is 17.2 Å². The maximum absolute atomic E-state index is 4.55. The van der Waals surface area contributed by atoms with Crippen LogP contribution in [0.5, 0.6) is 0 Å². The number of aryl methyl sites for hydroxylation is 1. The number of rotatable bonds is 1. The summed E-state index contributed by atoms with van der Waals surface area (Å²) in [6.07, 6.45) is 1.87. The minimum absolute atomic E-state index is 0.0596. The van der Waals surface area contributed by atoms with Crippen molar-refractivity contribution in [3.63, 3.8) is 0 Å². The Balaban J connectivity index is 2.07. The van der Waals surface area contributed by atoms with E-state index in [-0.39, 0.29) is 5.41 Å². The molecule has 1 nitrogen and oxygen atoms in total. The van der Waals surface area contributed by atoms with Crippen LogP contribution in [0.3, 0.4) is 0 Å². The highest BCUT2D eigenvalue weighted by Crippen LogP contribution is 2.52. The van der Waals surface area contributed by atoms with Gasteiger partial charge in [0.05, 0.1) is 5.69 Å². The molecule has 1 heteroatoms. The summed E-state index contributed by atoms with van der Waals surface area (Å²) < 4.78 is 0. The van der Waals surface area contributed by atoms with Crippen molar-refractivity contribution in [2.24, 2.45) is 0 Å². The minimum Gasteiger partial charge on any atom is -0.256 e. The van der Waals surface area contributed by atoms with Crippen LogP contribution in [0, 0.1) is 13.8 Å². The van der Waals surface area contributed by atoms with Gasteiger partial charge in [-0.3, -0.25) is 4.98 Å². The molecule has 0 bridgehead atoms. The van der Waals surface area contributed by atoms with Crippen molar-refractivity contribution >= 4 is 0 Å². The molecule has 1 aromatic heterocycles. The Kier molecular flexibility index (Phi) is 2.96. The Hall–Kier alpha value is -2.41. The predicted octanol–water partition coefficient (Wildman–Crippen LogP) is 5.67. The minimum atomic E-state index is 0.0596. The fourth-order valence-corrected chi connectivity index (χ4v) is 4.02. The molecule has 0 saturated carbocycles. The summed E-state index contributed by atoms with van der Waals surface area (Å²) in [5, 5.41) is 0. The highest BCUT2D eigenvalue weighted by atomic mass is 14.7. The van der Waals surface area contributed by atoms with E-state index >= 15 is 0 Å². The first kappa shape index (κ1) is 14.2. The topological polar surface area (TPSA) is 12.9 Å². The second-order valence-electron chi connectivity index (χ2n) is 7.00. The maximum atomic E-state index is 4.55. The third-order valence-electron chi connectivity index (χ3n) is 5.28. The molecule has 0 N–H and O–H groups in total. The van der Waals surface area contributed by atoms with Gasteiger partial charge < -0.3 is 0 Å². The zero-order valence-corrected chi connectivity index (χ0v) is 14.1. The van der Waals surface area contributed by atoms with E-state index in [1.54, 1.807) is 0 Å². The Bertz CT molecular complexity index is 905. The van der Waals surface area contributed by atoms with E-state index in [0.717, 1.165) is 5.69 Å². The van der Waals surface area contributed by atoms with Crippen LogP contribution in [0.15, 0.2) is 54.7 Å². The lowest BCUT2D eigenvalue weighted by atomic mass is 9.81. The van der Waals surface area contributed by atoms with Gasteiger partial charge in [-0.1, -0.05) is 50.2 Å². The van der Waals surface area contributed by atoms with Crippen LogP contribution in [-0.2, 0) is 5.41 Å². The zero-order valence-electron chi connectivity index (χ0n) is 14.1. The van der Waals surface area contributed by atoms with Crippen LogP contribution < -0.4 is 0 Å². The highest BCUT2D eigenvalue weighted by Gasteiger charge is 2.37. The summed E-state index contributed by atoms with van der Waals surface area (Å²) in [7, 11) is 0. The molecule has 1 heterocycles. The Morgan fingerprint density at radius 3 is 2.30 bits per heavy atom. The van der Waals surface area contributed by atoms with Crippen LogP contribution >= 0.6 is 0 Å². The second kappa shape index (κ2) is 4.79. The molecule has 1 aliphatic carbocycles. The molecule has 0 atom stereocenters. The van der Waals surface area contributed by atoms with E-state index in [1.807, 2.05) is 12.3 Å². The summed E-state index contributed by atoms with van der Waals surface area (Å²) in [4.78, 5) is 4.55. The number of pyridine rings is 1. The SMILES string of the molecule is Cc1cccc2c1-c1c(ccc(-c3ccccn3)c1C)C2(C)C. The molecule has 3 aromatic rings. The highest BCUT2D eigenvalue weighted by molar-refractivity contribution is 5.89. The summed E-state index contributed by atoms with van der Waals surface area (Å²) in [6, 6.07) is 17.3. The van der Waals surface area contributed by atoms with E-state index < -0.39 is 0 Å². The first-order valence-electron chi connectivity index (χ1n) is 8.18. The second-order valence-corrected chi connectivity index (χ2v) is 7.00. The van der Waals surface area contributed by atoms with Gasteiger partial charge in [0.1, 0.15) is 0 Å². The average molecular weight is 299 g/mol. The lowest BCUT2D eigenvalue weighted by molar-refractivity contribution is 0.660. The van der Waals surface area contributed by atoms with Crippen molar-refractivity contribution < 1.29 is 0 Å². The number of fused-ring (bicyclic) bond motifs is 3. The van der Waals surface area contributed by atoms with E-state index in [2.05, 4.69) is 75.1 Å². The Morgan fingerprint density at radius 2 is 1.57 bits per heavy atom. The lowest BCUT2D eigenvalue weighted by Crippen LogP contribution is -2.15. The standard InChI is InChI=1S/C22H21N/c1-14-8-7-9-17-20(14)21-15(2)16(19-10-5-6-13-23-19)11-12-18(21)22(17,3)4/h5-13H,1-4H3. The number of hydrogen-bond acceptors (Lipinski definition) is 1. The van der Waals surface area contributed by atoms with E-state index in [0.29, 0.717) is 0 Å². The van der Waals surface area contributed by atoms with Crippen molar-refractivity contribution in [1.29, 1.82) is 0 Å². The van der Waals surface area contributed by atoms with E-state index in [9.17, 15) is 0 Å². The van der Waals surface area contributed by atoms with Gasteiger partial charge in [-0.2, -0.15) is 0 Å². The quantitative estimate of drug-likeness (QED) is 0.564. The Morgan fingerprint density at radius 1 is 0.783 bits per heavy atom. The molecule has 0 spiro atoms. The molecular weight excluding hydrogens is 278 g/mol. The molecule has 4 rings (SSSR count). The van der Waals surface area contributed by atoms with Crippen LogP contribution in [0.2, 0.25) is 0 Å². The largest absolute Gasteiger partial charge is 0.256 e. The molecule has 114 valence electrons. The Labute approximate surface area is 138 Å². The van der Waals surface area contributed by atoms with Gasteiger partial charge >= 0.3 is 0 Å². The van der Waals surface area contributed by atoms with Gasteiger partial charge in [0.15, 0.2) is 0 Å². The van der Waals surface area contributed by atoms with Crippen molar-refractivity contribution in [3.8, 4) is 22.4 Å². The van der Waals surface area contributed by atoms with Crippen molar-refractivity contribution in [1.82, 2.24) is 4.98 Å². The van der Waals surface area contributed by atoms with Gasteiger partial charge in [0.25, 0.3) is 0 Å². The summed E-state index contributed by atoms with van der Waals surface area (Å²) >= 11 is 0. The van der Waals surface area contributed by atoms with Crippen LogP contribution in [-0.4, -0.2) is 4.98 Å². The van der Waals surface area contributed by atoms with E-state index in [4.69, 9.17) is 0 Å². The van der Waals surface area contributed by atoms with Crippen LogP contribution in [0.25, 0.3) is 22.4 Å². The predicted molar refractivity (Wildman–Crippen MR) is 96.7 cm³/mol. The number of hydrogen-bond donors (Lipinski definition) is 0. The normalized spacial score (nSPS) is 14.4. The summed E-state index contributed by atoms with van der Waals surface area (Å²) in [5.41, 5.74) is 10.7. The van der Waals surface area contributed by atoms with Crippen molar-refractivity contribution in [2.75, 3.05) is 0 Å². The molecule has 1 aliphatic rings. The lowest BCUT2D eigenvalue weighted by Gasteiger charge is -2.22. The molecule has 0 amide bonds. The average Bonchev–Trinajstić information content (AvgIpc) is 2.79. The third kappa shape index (κ3) is 1.89. The number of nitrogens with zero attached hydrogens (tertiary/aromatic N) is 1. The molecule has 0 unspecified atom stereocenters. The maximum Gasteiger partial charge on any atom is 0.0704 e. The van der Waals surface area contributed by atoms with Crippen molar-refractivity contribution in [3.05, 3.63) is 77.0 Å².